The smallest absolute Gasteiger partial charge is 0.272 e. The lowest BCUT2D eigenvalue weighted by molar-refractivity contribution is -0.385. The summed E-state index contributed by atoms with van der Waals surface area (Å²) in [5, 5.41) is 10.4. The Kier molecular flexibility index (Phi) is 4.14. The van der Waals surface area contributed by atoms with Gasteiger partial charge in [-0.1, -0.05) is 0 Å². The summed E-state index contributed by atoms with van der Waals surface area (Å²) in [5.74, 6) is -0.756. The van der Waals surface area contributed by atoms with Crippen LogP contribution in [0.25, 0.3) is 0 Å². The Balaban J connectivity index is 2.73. The number of nitro benzene ring substituents is 1. The molecule has 0 atom stereocenters. The van der Waals surface area contributed by atoms with Gasteiger partial charge in [0.15, 0.2) is 0 Å². The van der Waals surface area contributed by atoms with E-state index in [1.54, 1.807) is 14.1 Å². The summed E-state index contributed by atoms with van der Waals surface area (Å²) >= 11 is 0. The van der Waals surface area contributed by atoms with E-state index in [-0.39, 0.29) is 24.4 Å². The van der Waals surface area contributed by atoms with Crippen molar-refractivity contribution < 1.29 is 14.1 Å². The van der Waals surface area contributed by atoms with Crippen molar-refractivity contribution >= 4 is 11.6 Å². The fourth-order valence-electron chi connectivity index (χ4n) is 1.32. The number of nitrogens with zero attached hydrogens (tertiary/aromatic N) is 2. The first-order valence-electron chi connectivity index (χ1n) is 5.05. The molecular formula is C11H13FN2O3. The van der Waals surface area contributed by atoms with E-state index in [2.05, 4.69) is 0 Å². The fourth-order valence-corrected chi connectivity index (χ4v) is 1.32. The molecule has 0 aliphatic rings. The van der Waals surface area contributed by atoms with Crippen molar-refractivity contribution in [2.75, 3.05) is 14.1 Å². The number of carbonyl (C=O) groups is 1. The average Bonchev–Trinajstić information content (AvgIpc) is 2.26. The summed E-state index contributed by atoms with van der Waals surface area (Å²) < 4.78 is 13.4. The van der Waals surface area contributed by atoms with Crippen LogP contribution in [0, 0.1) is 15.9 Å². The van der Waals surface area contributed by atoms with E-state index in [0.29, 0.717) is 5.56 Å². The van der Waals surface area contributed by atoms with Gasteiger partial charge in [0.2, 0.25) is 5.91 Å². The van der Waals surface area contributed by atoms with Crippen molar-refractivity contribution in [2.24, 2.45) is 0 Å². The van der Waals surface area contributed by atoms with Crippen LogP contribution in [-0.2, 0) is 11.2 Å². The second-order valence-electron chi connectivity index (χ2n) is 3.82. The molecule has 1 aromatic rings. The lowest BCUT2D eigenvalue weighted by Crippen LogP contribution is -2.21. The van der Waals surface area contributed by atoms with Gasteiger partial charge in [-0.15, -0.1) is 0 Å². The normalized spacial score (nSPS) is 10.1. The molecule has 0 heterocycles. The number of rotatable bonds is 4. The molecule has 0 radical (unpaired) electrons. The van der Waals surface area contributed by atoms with Crippen molar-refractivity contribution in [3.63, 3.8) is 0 Å². The average molecular weight is 240 g/mol. The molecule has 0 aliphatic carbocycles. The Bertz CT molecular complexity index is 446. The van der Waals surface area contributed by atoms with Crippen molar-refractivity contribution in [3.8, 4) is 0 Å². The molecule has 0 unspecified atom stereocenters. The van der Waals surface area contributed by atoms with Crippen molar-refractivity contribution in [2.45, 2.75) is 12.8 Å². The third kappa shape index (κ3) is 3.51. The fraction of sp³-hybridized carbons (Fsp3) is 0.364. The van der Waals surface area contributed by atoms with Gasteiger partial charge in [-0.05, 0) is 18.1 Å². The van der Waals surface area contributed by atoms with Crippen molar-refractivity contribution in [1.29, 1.82) is 0 Å². The molecule has 1 rings (SSSR count). The van der Waals surface area contributed by atoms with E-state index < -0.39 is 10.7 Å². The first-order chi connectivity index (χ1) is 7.91. The lowest BCUT2D eigenvalue weighted by atomic mass is 10.1. The zero-order chi connectivity index (χ0) is 13.0. The van der Waals surface area contributed by atoms with Crippen LogP contribution in [0.5, 0.6) is 0 Å². The quantitative estimate of drug-likeness (QED) is 0.595. The SMILES string of the molecule is CN(C)C(=O)CCc1ccc([N+](=O)[O-])cc1F. The van der Waals surface area contributed by atoms with E-state index in [0.717, 1.165) is 6.07 Å². The predicted octanol–water partition coefficient (Wildman–Crippen LogP) is 1.75. The highest BCUT2D eigenvalue weighted by Gasteiger charge is 2.12. The van der Waals surface area contributed by atoms with E-state index in [4.69, 9.17) is 0 Å². The maximum atomic E-state index is 13.4. The zero-order valence-electron chi connectivity index (χ0n) is 9.64. The molecule has 1 aromatic carbocycles. The van der Waals surface area contributed by atoms with Gasteiger partial charge >= 0.3 is 0 Å². The van der Waals surface area contributed by atoms with Gasteiger partial charge in [0.1, 0.15) is 5.82 Å². The Morgan fingerprint density at radius 1 is 1.47 bits per heavy atom. The van der Waals surface area contributed by atoms with E-state index >= 15 is 0 Å². The monoisotopic (exact) mass is 240 g/mol. The van der Waals surface area contributed by atoms with Gasteiger partial charge in [0, 0.05) is 26.6 Å². The van der Waals surface area contributed by atoms with Crippen LogP contribution >= 0.6 is 0 Å². The predicted molar refractivity (Wildman–Crippen MR) is 60.1 cm³/mol. The minimum absolute atomic E-state index is 0.109. The zero-order valence-corrected chi connectivity index (χ0v) is 9.64. The number of benzene rings is 1. The van der Waals surface area contributed by atoms with Crippen LogP contribution in [-0.4, -0.2) is 29.8 Å². The van der Waals surface area contributed by atoms with Crippen LogP contribution in [0.3, 0.4) is 0 Å². The van der Waals surface area contributed by atoms with Crippen LogP contribution in [0.15, 0.2) is 18.2 Å². The first-order valence-corrected chi connectivity index (χ1v) is 5.05. The van der Waals surface area contributed by atoms with Crippen LogP contribution < -0.4 is 0 Å². The number of hydrogen-bond acceptors (Lipinski definition) is 3. The van der Waals surface area contributed by atoms with Gasteiger partial charge in [-0.2, -0.15) is 0 Å². The van der Waals surface area contributed by atoms with Crippen LogP contribution in [0.4, 0.5) is 10.1 Å². The number of aryl methyl sites for hydroxylation is 1. The third-order valence-corrected chi connectivity index (χ3v) is 2.35. The number of non-ortho nitro benzene ring substituents is 1. The molecule has 0 saturated heterocycles. The highest BCUT2D eigenvalue weighted by molar-refractivity contribution is 5.75. The summed E-state index contributed by atoms with van der Waals surface area (Å²) in [7, 11) is 3.24. The molecule has 0 spiro atoms. The minimum Gasteiger partial charge on any atom is -0.349 e. The minimum atomic E-state index is -0.655. The molecule has 5 nitrogen and oxygen atoms in total. The molecule has 6 heteroatoms. The third-order valence-electron chi connectivity index (χ3n) is 2.35. The second kappa shape index (κ2) is 5.38. The Labute approximate surface area is 98.0 Å². The Morgan fingerprint density at radius 3 is 2.59 bits per heavy atom. The molecule has 92 valence electrons. The topological polar surface area (TPSA) is 63.5 Å². The van der Waals surface area contributed by atoms with Gasteiger partial charge in [0.05, 0.1) is 11.0 Å². The van der Waals surface area contributed by atoms with E-state index in [1.807, 2.05) is 0 Å². The molecule has 0 aromatic heterocycles. The summed E-state index contributed by atoms with van der Waals surface area (Å²) in [4.78, 5) is 22.5. The molecule has 17 heavy (non-hydrogen) atoms. The highest BCUT2D eigenvalue weighted by atomic mass is 19.1. The molecule has 1 amide bonds. The highest BCUT2D eigenvalue weighted by Crippen LogP contribution is 2.17. The second-order valence-corrected chi connectivity index (χ2v) is 3.82. The maximum absolute atomic E-state index is 13.4. The van der Waals surface area contributed by atoms with Gasteiger partial charge in [0.25, 0.3) is 5.69 Å². The number of amides is 1. The number of nitro groups is 1. The van der Waals surface area contributed by atoms with Gasteiger partial charge < -0.3 is 4.90 Å². The van der Waals surface area contributed by atoms with Crippen molar-refractivity contribution in [1.82, 2.24) is 4.90 Å². The van der Waals surface area contributed by atoms with E-state index in [9.17, 15) is 19.3 Å². The standard InChI is InChI=1S/C11H13FN2O3/c1-13(2)11(15)6-4-8-3-5-9(14(16)17)7-10(8)12/h3,5,7H,4,6H2,1-2H3. The molecule has 0 fully saturated rings. The number of halogens is 1. The Hall–Kier alpha value is -1.98. The van der Waals surface area contributed by atoms with Gasteiger partial charge in [-0.25, -0.2) is 4.39 Å². The summed E-state index contributed by atoms with van der Waals surface area (Å²) in [5.41, 5.74) is 0.0241. The number of hydrogen-bond donors (Lipinski definition) is 0. The number of carbonyl (C=O) groups excluding carboxylic acids is 1. The van der Waals surface area contributed by atoms with Gasteiger partial charge in [-0.3, -0.25) is 14.9 Å². The molecule has 0 aliphatic heterocycles. The molecular weight excluding hydrogens is 227 g/mol. The molecule has 0 saturated carbocycles. The van der Waals surface area contributed by atoms with E-state index in [1.165, 1.54) is 17.0 Å². The Morgan fingerprint density at radius 2 is 2.12 bits per heavy atom. The maximum Gasteiger partial charge on any atom is 0.272 e. The molecule has 0 N–H and O–H groups in total. The molecule has 0 bridgehead atoms. The summed E-state index contributed by atoms with van der Waals surface area (Å²) in [6.07, 6.45) is 0.419. The van der Waals surface area contributed by atoms with Crippen LogP contribution in [0.1, 0.15) is 12.0 Å². The van der Waals surface area contributed by atoms with Crippen molar-refractivity contribution in [3.05, 3.63) is 39.7 Å². The summed E-state index contributed by atoms with van der Waals surface area (Å²) in [6.45, 7) is 0. The summed E-state index contributed by atoms with van der Waals surface area (Å²) in [6, 6.07) is 3.45. The first kappa shape index (κ1) is 13.1. The lowest BCUT2D eigenvalue weighted by Gasteiger charge is -2.09. The largest absolute Gasteiger partial charge is 0.349 e. The van der Waals surface area contributed by atoms with Crippen LogP contribution in [0.2, 0.25) is 0 Å².